The van der Waals surface area contributed by atoms with E-state index in [1.807, 2.05) is 48.5 Å². The maximum absolute atomic E-state index is 5.79. The van der Waals surface area contributed by atoms with Crippen molar-refractivity contribution in [3.8, 4) is 0 Å². The molecule has 0 heterocycles. The second kappa shape index (κ2) is 8.84. The first-order valence-corrected chi connectivity index (χ1v) is 10.4. The lowest BCUT2D eigenvalue weighted by Gasteiger charge is -2.20. The van der Waals surface area contributed by atoms with Crippen LogP contribution in [0, 0.1) is 0 Å². The van der Waals surface area contributed by atoms with Crippen LogP contribution in [0.4, 0.5) is 34.1 Å². The molecule has 156 valence electrons. The number of benzene rings is 4. The molecular weight excluding hydrogens is 380 g/mol. The molecule has 4 aromatic rings. The summed E-state index contributed by atoms with van der Waals surface area (Å²) in [6, 6.07) is 33.3. The van der Waals surface area contributed by atoms with Crippen LogP contribution in [0.15, 0.2) is 97.1 Å². The Kier molecular flexibility index (Phi) is 5.80. The summed E-state index contributed by atoms with van der Waals surface area (Å²) in [7, 11) is 4.13. The lowest BCUT2D eigenvalue weighted by Crippen LogP contribution is -2.09. The Balaban J connectivity index is 1.42. The van der Waals surface area contributed by atoms with Crippen LogP contribution >= 0.6 is 0 Å². The van der Waals surface area contributed by atoms with Crippen molar-refractivity contribution in [3.63, 3.8) is 0 Å². The maximum atomic E-state index is 5.79. The van der Waals surface area contributed by atoms with E-state index in [9.17, 15) is 0 Å². The molecule has 4 rings (SSSR count). The molecule has 4 N–H and O–H groups in total. The molecule has 0 aliphatic heterocycles. The molecule has 4 aromatic carbocycles. The van der Waals surface area contributed by atoms with Crippen LogP contribution in [0.3, 0.4) is 0 Å². The van der Waals surface area contributed by atoms with E-state index in [0.717, 1.165) is 40.5 Å². The highest BCUT2D eigenvalue weighted by Gasteiger charge is 2.06. The standard InChI is InChI=1S/C27H28N4/c1-30(26-15-7-22(28)8-16-26)24-11-3-20(4-12-24)19-21-5-13-25(14-6-21)31(2)27-17-9-23(29)10-18-27/h3-18H,19,28-29H2,1-2H3. The summed E-state index contributed by atoms with van der Waals surface area (Å²) in [4.78, 5) is 4.32. The average Bonchev–Trinajstić information content (AvgIpc) is 2.80. The highest BCUT2D eigenvalue weighted by atomic mass is 15.1. The zero-order valence-electron chi connectivity index (χ0n) is 18.0. The molecule has 0 bridgehead atoms. The van der Waals surface area contributed by atoms with Gasteiger partial charge in [0.25, 0.3) is 0 Å². The van der Waals surface area contributed by atoms with Crippen molar-refractivity contribution in [2.75, 3.05) is 35.4 Å². The van der Waals surface area contributed by atoms with Gasteiger partial charge in [-0.1, -0.05) is 24.3 Å². The smallest absolute Gasteiger partial charge is 0.0409 e. The van der Waals surface area contributed by atoms with Crippen LogP contribution in [-0.4, -0.2) is 14.1 Å². The van der Waals surface area contributed by atoms with E-state index in [1.165, 1.54) is 11.1 Å². The van der Waals surface area contributed by atoms with E-state index in [0.29, 0.717) is 0 Å². The number of nitrogens with two attached hydrogens (primary N) is 2. The van der Waals surface area contributed by atoms with Crippen LogP contribution in [0.5, 0.6) is 0 Å². The molecule has 0 saturated heterocycles. The summed E-state index contributed by atoms with van der Waals surface area (Å²) in [5.41, 5.74) is 20.2. The molecule has 0 unspecified atom stereocenters. The van der Waals surface area contributed by atoms with Gasteiger partial charge in [0.15, 0.2) is 0 Å². The Bertz CT molecular complexity index is 1020. The summed E-state index contributed by atoms with van der Waals surface area (Å²) in [6.07, 6.45) is 0.901. The van der Waals surface area contributed by atoms with Gasteiger partial charge in [-0.05, 0) is 90.3 Å². The fourth-order valence-corrected chi connectivity index (χ4v) is 3.60. The lowest BCUT2D eigenvalue weighted by atomic mass is 10.0. The van der Waals surface area contributed by atoms with Gasteiger partial charge in [0.05, 0.1) is 0 Å². The first-order valence-electron chi connectivity index (χ1n) is 10.4. The van der Waals surface area contributed by atoms with Gasteiger partial charge >= 0.3 is 0 Å². The second-order valence-corrected chi connectivity index (χ2v) is 7.81. The van der Waals surface area contributed by atoms with Crippen molar-refractivity contribution in [2.45, 2.75) is 6.42 Å². The summed E-state index contributed by atoms with van der Waals surface area (Å²) < 4.78 is 0. The minimum atomic E-state index is 0.776. The fraction of sp³-hybridized carbons (Fsp3) is 0.111. The largest absolute Gasteiger partial charge is 0.399 e. The molecule has 0 fully saturated rings. The number of nitrogen functional groups attached to an aromatic ring is 2. The highest BCUT2D eigenvalue weighted by molar-refractivity contribution is 5.66. The van der Waals surface area contributed by atoms with Gasteiger partial charge in [-0.3, -0.25) is 0 Å². The van der Waals surface area contributed by atoms with Crippen molar-refractivity contribution >= 4 is 34.1 Å². The average molecular weight is 409 g/mol. The minimum absolute atomic E-state index is 0.776. The Hall–Kier alpha value is -3.92. The fourth-order valence-electron chi connectivity index (χ4n) is 3.60. The molecule has 31 heavy (non-hydrogen) atoms. The molecule has 4 heteroatoms. The molecule has 4 nitrogen and oxygen atoms in total. The number of anilines is 6. The van der Waals surface area contributed by atoms with Gasteiger partial charge in [-0.25, -0.2) is 0 Å². The van der Waals surface area contributed by atoms with Gasteiger partial charge in [-0.15, -0.1) is 0 Å². The summed E-state index contributed by atoms with van der Waals surface area (Å²) >= 11 is 0. The third kappa shape index (κ3) is 4.81. The molecule has 0 aliphatic rings. The zero-order chi connectivity index (χ0) is 21.8. The van der Waals surface area contributed by atoms with Crippen molar-refractivity contribution in [1.82, 2.24) is 0 Å². The quantitative estimate of drug-likeness (QED) is 0.386. The first kappa shape index (κ1) is 20.4. The van der Waals surface area contributed by atoms with Gasteiger partial charge in [-0.2, -0.15) is 0 Å². The van der Waals surface area contributed by atoms with Crippen LogP contribution in [-0.2, 0) is 6.42 Å². The molecule has 0 spiro atoms. The van der Waals surface area contributed by atoms with E-state index in [-0.39, 0.29) is 0 Å². The molecule has 0 aliphatic carbocycles. The Morgan fingerprint density at radius 2 is 0.710 bits per heavy atom. The van der Waals surface area contributed by atoms with Gasteiger partial charge < -0.3 is 21.3 Å². The topological polar surface area (TPSA) is 58.5 Å². The Morgan fingerprint density at radius 3 is 1.00 bits per heavy atom. The third-order valence-electron chi connectivity index (χ3n) is 5.62. The summed E-state index contributed by atoms with van der Waals surface area (Å²) in [5, 5.41) is 0. The maximum Gasteiger partial charge on any atom is 0.0409 e. The lowest BCUT2D eigenvalue weighted by molar-refractivity contribution is 1.16. The Morgan fingerprint density at radius 1 is 0.452 bits per heavy atom. The predicted molar refractivity (Wildman–Crippen MR) is 134 cm³/mol. The van der Waals surface area contributed by atoms with Crippen molar-refractivity contribution in [1.29, 1.82) is 0 Å². The molecule has 0 amide bonds. The highest BCUT2D eigenvalue weighted by Crippen LogP contribution is 2.27. The monoisotopic (exact) mass is 408 g/mol. The Labute approximate surface area is 184 Å². The molecule has 0 aromatic heterocycles. The molecular formula is C27H28N4. The minimum Gasteiger partial charge on any atom is -0.399 e. The SMILES string of the molecule is CN(c1ccc(N)cc1)c1ccc(Cc2ccc(N(C)c3ccc(N)cc3)cc2)cc1. The van der Waals surface area contributed by atoms with Crippen molar-refractivity contribution in [2.24, 2.45) is 0 Å². The normalized spacial score (nSPS) is 10.6. The van der Waals surface area contributed by atoms with E-state index in [2.05, 4.69) is 72.4 Å². The molecule has 0 radical (unpaired) electrons. The third-order valence-corrected chi connectivity index (χ3v) is 5.62. The van der Waals surface area contributed by atoms with Crippen LogP contribution in [0.2, 0.25) is 0 Å². The number of rotatable bonds is 6. The van der Waals surface area contributed by atoms with Crippen molar-refractivity contribution in [3.05, 3.63) is 108 Å². The molecule has 0 atom stereocenters. The van der Waals surface area contributed by atoms with E-state index in [4.69, 9.17) is 11.5 Å². The summed E-state index contributed by atoms with van der Waals surface area (Å²) in [6.45, 7) is 0. The van der Waals surface area contributed by atoms with Gasteiger partial charge in [0.2, 0.25) is 0 Å². The van der Waals surface area contributed by atoms with Crippen LogP contribution in [0.25, 0.3) is 0 Å². The van der Waals surface area contributed by atoms with E-state index >= 15 is 0 Å². The van der Waals surface area contributed by atoms with Gasteiger partial charge in [0.1, 0.15) is 0 Å². The predicted octanol–water partition coefficient (Wildman–Crippen LogP) is 5.98. The number of hydrogen-bond donors (Lipinski definition) is 2. The number of nitrogens with zero attached hydrogens (tertiary/aromatic N) is 2. The van der Waals surface area contributed by atoms with Crippen molar-refractivity contribution < 1.29 is 0 Å². The van der Waals surface area contributed by atoms with E-state index in [1.54, 1.807) is 0 Å². The van der Waals surface area contributed by atoms with E-state index < -0.39 is 0 Å². The second-order valence-electron chi connectivity index (χ2n) is 7.81. The van der Waals surface area contributed by atoms with Gasteiger partial charge in [0, 0.05) is 48.2 Å². The van der Waals surface area contributed by atoms with Crippen LogP contribution < -0.4 is 21.3 Å². The first-order chi connectivity index (χ1) is 15.0. The summed E-state index contributed by atoms with van der Waals surface area (Å²) in [5.74, 6) is 0. The number of hydrogen-bond acceptors (Lipinski definition) is 4. The van der Waals surface area contributed by atoms with Crippen LogP contribution in [0.1, 0.15) is 11.1 Å². The zero-order valence-corrected chi connectivity index (χ0v) is 18.0. The molecule has 0 saturated carbocycles.